The molecule has 0 spiro atoms. The van der Waals surface area contributed by atoms with Gasteiger partial charge in [0.2, 0.25) is 0 Å². The van der Waals surface area contributed by atoms with Crippen LogP contribution in [-0.2, 0) is 7.05 Å². The lowest BCUT2D eigenvalue weighted by atomic mass is 10.2. The third-order valence-electron chi connectivity index (χ3n) is 2.41. The first kappa shape index (κ1) is 11.4. The lowest BCUT2D eigenvalue weighted by Gasteiger charge is -2.10. The van der Waals surface area contributed by atoms with Crippen molar-refractivity contribution in [1.29, 1.82) is 0 Å². The van der Waals surface area contributed by atoms with Crippen molar-refractivity contribution in [1.82, 2.24) is 9.55 Å². The van der Waals surface area contributed by atoms with E-state index >= 15 is 0 Å². The number of nitrogens with zero attached hydrogens (tertiary/aromatic N) is 2. The van der Waals surface area contributed by atoms with Crippen molar-refractivity contribution in [2.24, 2.45) is 7.05 Å². The molecule has 1 N–H and O–H groups in total. The van der Waals surface area contributed by atoms with Crippen molar-refractivity contribution in [2.45, 2.75) is 20.0 Å². The molecule has 0 atom stereocenters. The highest BCUT2D eigenvalue weighted by Gasteiger charge is 2.18. The maximum absolute atomic E-state index is 11.2. The molecule has 5 heteroatoms. The summed E-state index contributed by atoms with van der Waals surface area (Å²) >= 11 is 0. The van der Waals surface area contributed by atoms with Crippen molar-refractivity contribution in [2.75, 3.05) is 0 Å². The highest BCUT2D eigenvalue weighted by Crippen LogP contribution is 2.29. The molecule has 0 amide bonds. The molecular weight excluding hydrogens is 220 g/mol. The normalized spacial score (nSPS) is 11.1. The van der Waals surface area contributed by atoms with E-state index in [1.807, 2.05) is 13.8 Å². The maximum atomic E-state index is 11.2. The molecule has 0 aliphatic rings. The van der Waals surface area contributed by atoms with E-state index in [4.69, 9.17) is 9.84 Å². The minimum Gasteiger partial charge on any atom is -0.490 e. The van der Waals surface area contributed by atoms with Crippen molar-refractivity contribution in [3.8, 4) is 5.75 Å². The Morgan fingerprint density at radius 2 is 2.24 bits per heavy atom. The van der Waals surface area contributed by atoms with Crippen LogP contribution in [0.15, 0.2) is 18.5 Å². The van der Waals surface area contributed by atoms with Crippen LogP contribution in [0.4, 0.5) is 0 Å². The summed E-state index contributed by atoms with van der Waals surface area (Å²) in [4.78, 5) is 15.3. The number of carbonyl (C=O) groups is 1. The van der Waals surface area contributed by atoms with E-state index in [0.717, 1.165) is 0 Å². The van der Waals surface area contributed by atoms with Crippen LogP contribution in [-0.4, -0.2) is 26.7 Å². The van der Waals surface area contributed by atoms with Gasteiger partial charge in [-0.15, -0.1) is 0 Å². The molecule has 0 bridgehead atoms. The van der Waals surface area contributed by atoms with Gasteiger partial charge in [-0.3, -0.25) is 0 Å². The molecular formula is C12H14N2O3. The fourth-order valence-corrected chi connectivity index (χ4v) is 1.79. The average Bonchev–Trinajstić information content (AvgIpc) is 2.57. The fourth-order valence-electron chi connectivity index (χ4n) is 1.79. The standard InChI is InChI=1S/C12H14N2O3/c1-7(2)17-9-4-5-13-11-10(9)8(12(15)16)6-14(11)3/h4-7H,1-3H3,(H,15,16). The topological polar surface area (TPSA) is 64.3 Å². The van der Waals surface area contributed by atoms with Gasteiger partial charge in [-0.25, -0.2) is 9.78 Å². The third kappa shape index (κ3) is 1.95. The Kier molecular flexibility index (Phi) is 2.75. The predicted molar refractivity (Wildman–Crippen MR) is 63.4 cm³/mol. The van der Waals surface area contributed by atoms with Gasteiger partial charge in [-0.2, -0.15) is 0 Å². The van der Waals surface area contributed by atoms with Crippen molar-refractivity contribution in [3.05, 3.63) is 24.0 Å². The second kappa shape index (κ2) is 4.08. The maximum Gasteiger partial charge on any atom is 0.338 e. The van der Waals surface area contributed by atoms with E-state index in [0.29, 0.717) is 16.8 Å². The zero-order valence-electron chi connectivity index (χ0n) is 9.97. The van der Waals surface area contributed by atoms with E-state index in [-0.39, 0.29) is 11.7 Å². The number of carboxylic acid groups (broad SMARTS) is 1. The molecule has 2 heterocycles. The molecule has 2 aromatic rings. The van der Waals surface area contributed by atoms with E-state index in [1.54, 1.807) is 30.1 Å². The number of carboxylic acids is 1. The zero-order chi connectivity index (χ0) is 12.6. The Hall–Kier alpha value is -2.04. The molecule has 0 saturated carbocycles. The summed E-state index contributed by atoms with van der Waals surface area (Å²) in [7, 11) is 1.76. The van der Waals surface area contributed by atoms with Gasteiger partial charge in [0.05, 0.1) is 17.1 Å². The number of hydrogen-bond acceptors (Lipinski definition) is 3. The largest absolute Gasteiger partial charge is 0.490 e. The Bertz CT molecular complexity index is 572. The smallest absolute Gasteiger partial charge is 0.338 e. The number of aromatic nitrogens is 2. The van der Waals surface area contributed by atoms with Crippen LogP contribution in [0, 0.1) is 0 Å². The Morgan fingerprint density at radius 3 is 2.82 bits per heavy atom. The van der Waals surface area contributed by atoms with Crippen molar-refractivity contribution in [3.63, 3.8) is 0 Å². The fraction of sp³-hybridized carbons (Fsp3) is 0.333. The molecule has 0 unspecified atom stereocenters. The molecule has 0 saturated heterocycles. The minimum atomic E-state index is -0.975. The van der Waals surface area contributed by atoms with Crippen LogP contribution in [0.5, 0.6) is 5.75 Å². The number of aryl methyl sites for hydroxylation is 1. The van der Waals surface area contributed by atoms with Crippen LogP contribution in [0.3, 0.4) is 0 Å². The number of hydrogen-bond donors (Lipinski definition) is 1. The molecule has 0 aromatic carbocycles. The lowest BCUT2D eigenvalue weighted by Crippen LogP contribution is -2.07. The van der Waals surface area contributed by atoms with Gasteiger partial charge in [0.15, 0.2) is 0 Å². The van der Waals surface area contributed by atoms with Crippen LogP contribution in [0.2, 0.25) is 0 Å². The highest BCUT2D eigenvalue weighted by atomic mass is 16.5. The van der Waals surface area contributed by atoms with Gasteiger partial charge in [-0.1, -0.05) is 0 Å². The molecule has 2 rings (SSSR count). The highest BCUT2D eigenvalue weighted by molar-refractivity contribution is 6.05. The average molecular weight is 234 g/mol. The number of rotatable bonds is 3. The SMILES string of the molecule is CC(C)Oc1ccnc2c1c(C(=O)O)cn2C. The molecule has 17 heavy (non-hydrogen) atoms. The molecule has 2 aromatic heterocycles. The van der Waals surface area contributed by atoms with Crippen LogP contribution >= 0.6 is 0 Å². The minimum absolute atomic E-state index is 0.0116. The Labute approximate surface area is 98.6 Å². The van der Waals surface area contributed by atoms with Crippen molar-refractivity contribution >= 4 is 17.0 Å². The number of pyridine rings is 1. The second-order valence-electron chi connectivity index (χ2n) is 4.13. The molecule has 5 nitrogen and oxygen atoms in total. The number of aromatic carboxylic acids is 1. The summed E-state index contributed by atoms with van der Waals surface area (Å²) in [6.45, 7) is 3.80. The molecule has 0 fully saturated rings. The van der Waals surface area contributed by atoms with Gasteiger partial charge in [-0.05, 0) is 19.9 Å². The summed E-state index contributed by atoms with van der Waals surface area (Å²) in [5, 5.41) is 9.71. The molecule has 0 aliphatic heterocycles. The third-order valence-corrected chi connectivity index (χ3v) is 2.41. The number of fused-ring (bicyclic) bond motifs is 1. The summed E-state index contributed by atoms with van der Waals surface area (Å²) in [5.74, 6) is -0.416. The van der Waals surface area contributed by atoms with E-state index in [9.17, 15) is 4.79 Å². The number of ether oxygens (including phenoxy) is 1. The van der Waals surface area contributed by atoms with E-state index in [2.05, 4.69) is 4.98 Å². The Balaban J connectivity index is 2.72. The second-order valence-corrected chi connectivity index (χ2v) is 4.13. The monoisotopic (exact) mass is 234 g/mol. The van der Waals surface area contributed by atoms with Crippen molar-refractivity contribution < 1.29 is 14.6 Å². The van der Waals surface area contributed by atoms with Gasteiger partial charge < -0.3 is 14.4 Å². The van der Waals surface area contributed by atoms with Gasteiger partial charge >= 0.3 is 5.97 Å². The quantitative estimate of drug-likeness (QED) is 0.882. The van der Waals surface area contributed by atoms with E-state index < -0.39 is 5.97 Å². The Morgan fingerprint density at radius 1 is 1.53 bits per heavy atom. The summed E-state index contributed by atoms with van der Waals surface area (Å²) < 4.78 is 7.30. The van der Waals surface area contributed by atoms with Gasteiger partial charge in [0, 0.05) is 19.4 Å². The van der Waals surface area contributed by atoms with Crippen LogP contribution < -0.4 is 4.74 Å². The first-order valence-corrected chi connectivity index (χ1v) is 5.34. The molecule has 90 valence electrons. The molecule has 0 aliphatic carbocycles. The van der Waals surface area contributed by atoms with Gasteiger partial charge in [0.25, 0.3) is 0 Å². The van der Waals surface area contributed by atoms with Crippen LogP contribution in [0.1, 0.15) is 24.2 Å². The zero-order valence-corrected chi connectivity index (χ0v) is 9.97. The predicted octanol–water partition coefficient (Wildman–Crippen LogP) is 2.06. The van der Waals surface area contributed by atoms with Gasteiger partial charge in [0.1, 0.15) is 11.4 Å². The summed E-state index contributed by atoms with van der Waals surface area (Å²) in [5.41, 5.74) is 0.826. The lowest BCUT2D eigenvalue weighted by molar-refractivity contribution is 0.0698. The van der Waals surface area contributed by atoms with Crippen LogP contribution in [0.25, 0.3) is 11.0 Å². The molecule has 0 radical (unpaired) electrons. The van der Waals surface area contributed by atoms with E-state index in [1.165, 1.54) is 0 Å². The first-order chi connectivity index (χ1) is 8.00. The summed E-state index contributed by atoms with van der Waals surface area (Å²) in [6.07, 6.45) is 3.15. The summed E-state index contributed by atoms with van der Waals surface area (Å²) in [6, 6.07) is 1.69. The first-order valence-electron chi connectivity index (χ1n) is 5.34.